The lowest BCUT2D eigenvalue weighted by molar-refractivity contribution is -0.132. The van der Waals surface area contributed by atoms with E-state index in [1.807, 2.05) is 31.2 Å². The lowest BCUT2D eigenvalue weighted by Gasteiger charge is -2.25. The molecule has 1 aromatic carbocycles. The number of amides is 1. The molecule has 2 aromatic heterocycles. The number of H-pyrrole nitrogens is 1. The van der Waals surface area contributed by atoms with Gasteiger partial charge in [0.15, 0.2) is 0 Å². The van der Waals surface area contributed by atoms with Crippen LogP contribution < -0.4 is 11.2 Å². The molecule has 1 amide bonds. The van der Waals surface area contributed by atoms with E-state index >= 15 is 0 Å². The van der Waals surface area contributed by atoms with E-state index < -0.39 is 11.2 Å². The minimum absolute atomic E-state index is 0.145. The summed E-state index contributed by atoms with van der Waals surface area (Å²) >= 11 is 0. The number of hydrogen-bond acceptors (Lipinski definition) is 5. The Hall–Kier alpha value is -3.49. The molecule has 0 radical (unpaired) electrons. The van der Waals surface area contributed by atoms with Crippen LogP contribution in [0.3, 0.4) is 0 Å². The van der Waals surface area contributed by atoms with E-state index in [9.17, 15) is 14.4 Å². The van der Waals surface area contributed by atoms with Crippen molar-refractivity contribution in [3.8, 4) is 5.69 Å². The molecule has 0 bridgehead atoms. The van der Waals surface area contributed by atoms with Crippen LogP contribution in [0.1, 0.15) is 18.5 Å². The average Bonchev–Trinajstić information content (AvgIpc) is 3.17. The smallest absolute Gasteiger partial charge is 0.328 e. The zero-order valence-corrected chi connectivity index (χ0v) is 14.4. The molecular formula is C17H18N6O3. The highest BCUT2D eigenvalue weighted by Gasteiger charge is 2.18. The van der Waals surface area contributed by atoms with Gasteiger partial charge in [0.05, 0.1) is 11.7 Å². The van der Waals surface area contributed by atoms with Gasteiger partial charge in [-0.2, -0.15) is 5.10 Å². The van der Waals surface area contributed by atoms with Gasteiger partial charge in [0.1, 0.15) is 19.2 Å². The number of nitrogens with zero attached hydrogens (tertiary/aromatic N) is 5. The van der Waals surface area contributed by atoms with Gasteiger partial charge in [0, 0.05) is 19.3 Å². The van der Waals surface area contributed by atoms with Crippen LogP contribution in [-0.4, -0.2) is 42.2 Å². The highest BCUT2D eigenvalue weighted by molar-refractivity contribution is 5.76. The number of nitrogens with one attached hydrogen (secondary N) is 1. The van der Waals surface area contributed by atoms with Crippen molar-refractivity contribution >= 4 is 5.91 Å². The molecule has 1 N–H and O–H groups in total. The van der Waals surface area contributed by atoms with E-state index in [4.69, 9.17) is 0 Å². The first-order chi connectivity index (χ1) is 12.5. The van der Waals surface area contributed by atoms with Gasteiger partial charge in [0.25, 0.3) is 5.56 Å². The fraction of sp³-hybridized carbons (Fsp3) is 0.235. The van der Waals surface area contributed by atoms with Crippen molar-refractivity contribution in [2.45, 2.75) is 19.5 Å². The summed E-state index contributed by atoms with van der Waals surface area (Å²) in [7, 11) is 1.68. The van der Waals surface area contributed by atoms with Crippen molar-refractivity contribution in [2.75, 3.05) is 7.05 Å². The Morgan fingerprint density at radius 3 is 2.58 bits per heavy atom. The molecule has 2 heterocycles. The number of aromatic nitrogens is 5. The summed E-state index contributed by atoms with van der Waals surface area (Å²) in [6.07, 6.45) is 4.38. The lowest BCUT2D eigenvalue weighted by Crippen LogP contribution is -2.37. The predicted octanol–water partition coefficient (Wildman–Crippen LogP) is 0.337. The van der Waals surface area contributed by atoms with Crippen LogP contribution in [0, 0.1) is 0 Å². The second-order valence-electron chi connectivity index (χ2n) is 5.85. The van der Waals surface area contributed by atoms with Crippen LogP contribution in [0.15, 0.2) is 58.8 Å². The number of aromatic amines is 1. The maximum Gasteiger partial charge on any atom is 0.328 e. The van der Waals surface area contributed by atoms with Crippen LogP contribution >= 0.6 is 0 Å². The van der Waals surface area contributed by atoms with Gasteiger partial charge < -0.3 is 4.90 Å². The van der Waals surface area contributed by atoms with E-state index in [-0.39, 0.29) is 18.5 Å². The van der Waals surface area contributed by atoms with Gasteiger partial charge in [-0.3, -0.25) is 19.1 Å². The molecule has 134 valence electrons. The lowest BCUT2D eigenvalue weighted by atomic mass is 10.1. The van der Waals surface area contributed by atoms with Gasteiger partial charge in [-0.25, -0.2) is 14.5 Å². The van der Waals surface area contributed by atoms with E-state index in [1.165, 1.54) is 23.2 Å². The Balaban J connectivity index is 1.72. The Bertz CT molecular complexity index is 1000. The molecule has 0 spiro atoms. The summed E-state index contributed by atoms with van der Waals surface area (Å²) < 4.78 is 2.81. The molecule has 0 fully saturated rings. The summed E-state index contributed by atoms with van der Waals surface area (Å²) in [6.45, 7) is 1.76. The largest absolute Gasteiger partial charge is 0.337 e. The number of likely N-dealkylation sites (N-methyl/N-ethyl adjacent to an activating group) is 1. The fourth-order valence-corrected chi connectivity index (χ4v) is 2.51. The van der Waals surface area contributed by atoms with Crippen LogP contribution in [0.5, 0.6) is 0 Å². The summed E-state index contributed by atoms with van der Waals surface area (Å²) in [5.74, 6) is -0.244. The van der Waals surface area contributed by atoms with Gasteiger partial charge in [-0.05, 0) is 24.6 Å². The van der Waals surface area contributed by atoms with Crippen LogP contribution in [0.4, 0.5) is 0 Å². The van der Waals surface area contributed by atoms with Crippen molar-refractivity contribution in [3.63, 3.8) is 0 Å². The topological polar surface area (TPSA) is 106 Å². The first kappa shape index (κ1) is 17.3. The second kappa shape index (κ2) is 7.18. The van der Waals surface area contributed by atoms with Crippen molar-refractivity contribution in [3.05, 3.63) is 75.6 Å². The second-order valence-corrected chi connectivity index (χ2v) is 5.85. The summed E-state index contributed by atoms with van der Waals surface area (Å²) in [5, 5.41) is 4.07. The standard InChI is InChI=1S/C17H18N6O3/c1-12(13-3-5-14(6-4-13)23-11-18-10-19-23)21(2)16(25)9-22-8-7-15(24)20-17(22)26/h3-8,10-12H,9H2,1-2H3,(H,20,24,26)/t12-/m1/s1. The molecular weight excluding hydrogens is 336 g/mol. The number of rotatable bonds is 5. The Kier molecular flexibility index (Phi) is 4.78. The van der Waals surface area contributed by atoms with Gasteiger partial charge in [-0.15, -0.1) is 0 Å². The van der Waals surface area contributed by atoms with Crippen molar-refractivity contribution in [1.29, 1.82) is 0 Å². The van der Waals surface area contributed by atoms with Crippen LogP contribution in [0.25, 0.3) is 5.69 Å². The van der Waals surface area contributed by atoms with E-state index in [0.29, 0.717) is 0 Å². The molecule has 0 aliphatic rings. The normalized spacial score (nSPS) is 11.9. The number of benzene rings is 1. The number of hydrogen-bond donors (Lipinski definition) is 1. The average molecular weight is 354 g/mol. The monoisotopic (exact) mass is 354 g/mol. The Labute approximate surface area is 148 Å². The third kappa shape index (κ3) is 3.61. The Morgan fingerprint density at radius 2 is 1.96 bits per heavy atom. The molecule has 1 atom stereocenters. The van der Waals surface area contributed by atoms with Crippen molar-refractivity contribution < 1.29 is 4.79 Å². The van der Waals surface area contributed by atoms with Crippen LogP contribution in [0.2, 0.25) is 0 Å². The molecule has 0 unspecified atom stereocenters. The third-order valence-corrected chi connectivity index (χ3v) is 4.24. The molecule has 3 rings (SSSR count). The maximum absolute atomic E-state index is 12.5. The van der Waals surface area contributed by atoms with E-state index in [2.05, 4.69) is 15.1 Å². The molecule has 3 aromatic rings. The zero-order valence-electron chi connectivity index (χ0n) is 14.4. The molecule has 0 aliphatic carbocycles. The highest BCUT2D eigenvalue weighted by atomic mass is 16.2. The zero-order chi connectivity index (χ0) is 18.7. The van der Waals surface area contributed by atoms with Gasteiger partial charge in [0.2, 0.25) is 5.91 Å². The minimum atomic E-state index is -0.607. The molecule has 26 heavy (non-hydrogen) atoms. The molecule has 0 saturated heterocycles. The minimum Gasteiger partial charge on any atom is -0.337 e. The van der Waals surface area contributed by atoms with Crippen molar-refractivity contribution in [1.82, 2.24) is 29.2 Å². The molecule has 0 aliphatic heterocycles. The Morgan fingerprint density at radius 1 is 1.23 bits per heavy atom. The van der Waals surface area contributed by atoms with E-state index in [0.717, 1.165) is 11.3 Å². The quantitative estimate of drug-likeness (QED) is 0.711. The number of carbonyl (C=O) groups excluding carboxylic acids is 1. The SMILES string of the molecule is C[C@H](c1ccc(-n2cncn2)cc1)N(C)C(=O)Cn1ccc(=O)[nH]c1=O. The summed E-state index contributed by atoms with van der Waals surface area (Å²) in [5.41, 5.74) is 0.711. The van der Waals surface area contributed by atoms with Crippen LogP contribution in [-0.2, 0) is 11.3 Å². The van der Waals surface area contributed by atoms with E-state index in [1.54, 1.807) is 23.0 Å². The summed E-state index contributed by atoms with van der Waals surface area (Å²) in [4.78, 5) is 42.9. The molecule has 9 nitrogen and oxygen atoms in total. The first-order valence-corrected chi connectivity index (χ1v) is 7.96. The van der Waals surface area contributed by atoms with Gasteiger partial charge >= 0.3 is 5.69 Å². The molecule has 0 saturated carbocycles. The molecule has 9 heteroatoms. The predicted molar refractivity (Wildman–Crippen MR) is 93.9 cm³/mol. The summed E-state index contributed by atoms with van der Waals surface area (Å²) in [6, 6.07) is 8.64. The van der Waals surface area contributed by atoms with Gasteiger partial charge in [-0.1, -0.05) is 12.1 Å². The maximum atomic E-state index is 12.5. The van der Waals surface area contributed by atoms with Crippen molar-refractivity contribution in [2.24, 2.45) is 0 Å². The first-order valence-electron chi connectivity index (χ1n) is 7.96. The third-order valence-electron chi connectivity index (χ3n) is 4.24. The highest BCUT2D eigenvalue weighted by Crippen LogP contribution is 2.20. The fourth-order valence-electron chi connectivity index (χ4n) is 2.51. The number of carbonyl (C=O) groups is 1.